The first-order valence-electron chi connectivity index (χ1n) is 21.7. The maximum absolute atomic E-state index is 12.8. The SMILES string of the molecule is CCCCCCCC/C=C\C/C=C\CCC(=O)NC(COP(=O)(O)OCC[N+](C)(C)C)C(O)CCCCCCCCCCCCCCCCCCC. The third kappa shape index (κ3) is 37.3. The van der Waals surface area contributed by atoms with Crippen LogP contribution in [0.3, 0.4) is 0 Å². The highest BCUT2D eigenvalue weighted by Crippen LogP contribution is 2.43. The Labute approximate surface area is 322 Å². The summed E-state index contributed by atoms with van der Waals surface area (Å²) in [5.74, 6) is -0.211. The maximum atomic E-state index is 12.8. The number of likely N-dealkylation sites (N-methyl/N-ethyl adjacent to an activating group) is 1. The van der Waals surface area contributed by atoms with Crippen LogP contribution in [0.4, 0.5) is 0 Å². The van der Waals surface area contributed by atoms with Crippen molar-refractivity contribution in [3.8, 4) is 0 Å². The maximum Gasteiger partial charge on any atom is 0.472 e. The number of unbranched alkanes of at least 4 members (excludes halogenated alkanes) is 22. The Morgan fingerprint density at radius 1 is 0.654 bits per heavy atom. The van der Waals surface area contributed by atoms with Gasteiger partial charge in [-0.15, -0.1) is 0 Å². The molecule has 8 nitrogen and oxygen atoms in total. The zero-order valence-corrected chi connectivity index (χ0v) is 35.7. The molecule has 0 fully saturated rings. The average Bonchev–Trinajstić information content (AvgIpc) is 3.09. The molecule has 52 heavy (non-hydrogen) atoms. The summed E-state index contributed by atoms with van der Waals surface area (Å²) in [6, 6.07) is -0.787. The molecular formula is C43H86N2O6P+. The van der Waals surface area contributed by atoms with Gasteiger partial charge in [0.1, 0.15) is 13.2 Å². The van der Waals surface area contributed by atoms with Crippen LogP contribution in [0.5, 0.6) is 0 Å². The summed E-state index contributed by atoms with van der Waals surface area (Å²) in [5, 5.41) is 13.9. The number of carbonyl (C=O) groups excluding carboxylic acids is 1. The fourth-order valence-corrected chi connectivity index (χ4v) is 6.95. The Hall–Kier alpha value is -1.02. The second-order valence-corrected chi connectivity index (χ2v) is 17.5. The first-order valence-corrected chi connectivity index (χ1v) is 23.2. The molecular weight excluding hydrogens is 671 g/mol. The van der Waals surface area contributed by atoms with Crippen LogP contribution in [0.2, 0.25) is 0 Å². The van der Waals surface area contributed by atoms with E-state index in [1.807, 2.05) is 27.2 Å². The normalized spacial score (nSPS) is 14.7. The predicted octanol–water partition coefficient (Wildman–Crippen LogP) is 11.7. The lowest BCUT2D eigenvalue weighted by molar-refractivity contribution is -0.870. The molecule has 308 valence electrons. The molecule has 1 amide bonds. The summed E-state index contributed by atoms with van der Waals surface area (Å²) in [7, 11) is 1.59. The number of phosphoric acid groups is 1. The van der Waals surface area contributed by atoms with Crippen LogP contribution in [0.15, 0.2) is 24.3 Å². The van der Waals surface area contributed by atoms with Crippen molar-refractivity contribution >= 4 is 13.7 Å². The van der Waals surface area contributed by atoms with E-state index in [1.165, 1.54) is 128 Å². The van der Waals surface area contributed by atoms with Crippen molar-refractivity contribution in [3.05, 3.63) is 24.3 Å². The van der Waals surface area contributed by atoms with Crippen LogP contribution in [0.1, 0.15) is 194 Å². The number of aliphatic hydroxyl groups is 1. The Morgan fingerprint density at radius 3 is 1.58 bits per heavy atom. The van der Waals surface area contributed by atoms with E-state index in [-0.39, 0.29) is 25.5 Å². The Morgan fingerprint density at radius 2 is 1.10 bits per heavy atom. The van der Waals surface area contributed by atoms with E-state index >= 15 is 0 Å². The highest BCUT2D eigenvalue weighted by molar-refractivity contribution is 7.47. The van der Waals surface area contributed by atoms with Gasteiger partial charge >= 0.3 is 7.82 Å². The molecule has 0 aliphatic heterocycles. The minimum Gasteiger partial charge on any atom is -0.391 e. The molecule has 9 heteroatoms. The molecule has 3 N–H and O–H groups in total. The summed E-state index contributed by atoms with van der Waals surface area (Å²) < 4.78 is 23.6. The molecule has 3 unspecified atom stereocenters. The zero-order chi connectivity index (χ0) is 38.6. The molecule has 3 atom stereocenters. The minimum absolute atomic E-state index is 0.0662. The zero-order valence-electron chi connectivity index (χ0n) is 34.8. The molecule has 0 aromatic heterocycles. The quantitative estimate of drug-likeness (QED) is 0.0250. The molecule has 0 aliphatic carbocycles. The van der Waals surface area contributed by atoms with Gasteiger partial charge in [-0.3, -0.25) is 13.8 Å². The van der Waals surface area contributed by atoms with Crippen molar-refractivity contribution in [2.24, 2.45) is 0 Å². The van der Waals surface area contributed by atoms with Crippen molar-refractivity contribution in [1.82, 2.24) is 5.32 Å². The van der Waals surface area contributed by atoms with Gasteiger partial charge in [0.2, 0.25) is 5.91 Å². The Bertz CT molecular complexity index is 907. The van der Waals surface area contributed by atoms with E-state index in [0.717, 1.165) is 32.1 Å². The molecule has 0 heterocycles. The van der Waals surface area contributed by atoms with Crippen LogP contribution >= 0.6 is 7.82 Å². The Balaban J connectivity index is 4.44. The summed E-state index contributed by atoms with van der Waals surface area (Å²) in [5.41, 5.74) is 0. The number of aliphatic hydroxyl groups excluding tert-OH is 1. The van der Waals surface area contributed by atoms with E-state index in [2.05, 4.69) is 37.4 Å². The number of carbonyl (C=O) groups is 1. The van der Waals surface area contributed by atoms with Crippen LogP contribution in [-0.4, -0.2) is 73.4 Å². The van der Waals surface area contributed by atoms with E-state index in [9.17, 15) is 19.4 Å². The number of allylic oxidation sites excluding steroid dienone is 4. The summed E-state index contributed by atoms with van der Waals surface area (Å²) >= 11 is 0. The van der Waals surface area contributed by atoms with Crippen molar-refractivity contribution < 1.29 is 32.9 Å². The topological polar surface area (TPSA) is 105 Å². The molecule has 0 aromatic carbocycles. The lowest BCUT2D eigenvalue weighted by Gasteiger charge is -2.26. The van der Waals surface area contributed by atoms with Gasteiger partial charge in [-0.2, -0.15) is 0 Å². The molecule has 0 aromatic rings. The van der Waals surface area contributed by atoms with E-state index in [1.54, 1.807) is 0 Å². The first-order chi connectivity index (χ1) is 25.0. The average molecular weight is 758 g/mol. The molecule has 0 saturated heterocycles. The van der Waals surface area contributed by atoms with Crippen molar-refractivity contribution in [2.75, 3.05) is 40.9 Å². The van der Waals surface area contributed by atoms with Gasteiger partial charge in [-0.1, -0.05) is 179 Å². The molecule has 0 saturated carbocycles. The number of phosphoric ester groups is 1. The van der Waals surface area contributed by atoms with Crippen LogP contribution in [-0.2, 0) is 18.4 Å². The second kappa shape index (κ2) is 35.7. The summed E-state index contributed by atoms with van der Waals surface area (Å²) in [4.78, 5) is 23.0. The standard InChI is InChI=1S/C43H85N2O6P/c1-6-8-10-12-14-16-18-20-21-22-23-25-26-28-30-32-34-36-42(46)41(40-51-52(48,49)50-39-38-45(3,4)5)44-43(47)37-35-33-31-29-27-24-19-17-15-13-11-9-7-2/h24,27,31,33,41-42,46H,6-23,25-26,28-30,32,34-40H2,1-5H3,(H-,44,47,48,49)/p+1/b27-24-,33-31-. The van der Waals surface area contributed by atoms with Gasteiger partial charge in [0.15, 0.2) is 0 Å². The molecule has 0 aliphatic rings. The Kier molecular flexibility index (Phi) is 35.0. The van der Waals surface area contributed by atoms with Gasteiger partial charge in [-0.25, -0.2) is 4.57 Å². The van der Waals surface area contributed by atoms with E-state index in [0.29, 0.717) is 23.9 Å². The molecule has 0 bridgehead atoms. The third-order valence-corrected chi connectivity index (χ3v) is 10.7. The largest absolute Gasteiger partial charge is 0.472 e. The van der Waals surface area contributed by atoms with Gasteiger partial charge in [0.25, 0.3) is 0 Å². The van der Waals surface area contributed by atoms with Gasteiger partial charge in [0.05, 0.1) is 39.9 Å². The highest BCUT2D eigenvalue weighted by atomic mass is 31.2. The number of rotatable bonds is 39. The van der Waals surface area contributed by atoms with Gasteiger partial charge in [0, 0.05) is 6.42 Å². The van der Waals surface area contributed by atoms with Crippen molar-refractivity contribution in [3.63, 3.8) is 0 Å². The number of hydrogen-bond acceptors (Lipinski definition) is 5. The number of nitrogens with one attached hydrogen (secondary N) is 1. The number of quaternary nitrogens is 1. The monoisotopic (exact) mass is 758 g/mol. The molecule has 0 spiro atoms. The van der Waals surface area contributed by atoms with E-state index < -0.39 is 20.0 Å². The van der Waals surface area contributed by atoms with Crippen LogP contribution in [0, 0.1) is 0 Å². The minimum atomic E-state index is -4.32. The number of nitrogens with zero attached hydrogens (tertiary/aromatic N) is 1. The van der Waals surface area contributed by atoms with E-state index in [4.69, 9.17) is 9.05 Å². The van der Waals surface area contributed by atoms with Crippen molar-refractivity contribution in [1.29, 1.82) is 0 Å². The van der Waals surface area contributed by atoms with Crippen LogP contribution < -0.4 is 5.32 Å². The summed E-state index contributed by atoms with van der Waals surface area (Å²) in [6.07, 6.45) is 40.7. The van der Waals surface area contributed by atoms with Crippen LogP contribution in [0.25, 0.3) is 0 Å². The third-order valence-electron chi connectivity index (χ3n) is 9.72. The smallest absolute Gasteiger partial charge is 0.391 e. The fraction of sp³-hybridized carbons (Fsp3) is 0.884. The number of hydrogen-bond donors (Lipinski definition) is 3. The number of amides is 1. The van der Waals surface area contributed by atoms with Gasteiger partial charge < -0.3 is 19.8 Å². The highest BCUT2D eigenvalue weighted by Gasteiger charge is 2.28. The fourth-order valence-electron chi connectivity index (χ4n) is 6.21. The lowest BCUT2D eigenvalue weighted by Crippen LogP contribution is -2.46. The second-order valence-electron chi connectivity index (χ2n) is 16.1. The predicted molar refractivity (Wildman–Crippen MR) is 221 cm³/mol. The van der Waals surface area contributed by atoms with Gasteiger partial charge in [-0.05, 0) is 32.1 Å². The summed E-state index contributed by atoms with van der Waals surface area (Å²) in [6.45, 7) is 4.83. The first kappa shape index (κ1) is 51.0. The lowest BCUT2D eigenvalue weighted by atomic mass is 10.0. The molecule has 0 rings (SSSR count). The molecule has 0 radical (unpaired) electrons. The van der Waals surface area contributed by atoms with Crippen molar-refractivity contribution in [2.45, 2.75) is 206 Å².